The molecule has 1 saturated heterocycles. The molecule has 0 bridgehead atoms. The molecule has 0 saturated carbocycles. The van der Waals surface area contributed by atoms with E-state index in [1.807, 2.05) is 0 Å². The normalized spacial score (nSPS) is 17.8. The van der Waals surface area contributed by atoms with Crippen LogP contribution in [0.15, 0.2) is 42.5 Å². The molecule has 142 valence electrons. The summed E-state index contributed by atoms with van der Waals surface area (Å²) in [6.07, 6.45) is 0. The van der Waals surface area contributed by atoms with Crippen LogP contribution in [0.2, 0.25) is 10.0 Å². The first kappa shape index (κ1) is 19.7. The van der Waals surface area contributed by atoms with Crippen molar-refractivity contribution in [1.82, 2.24) is 0 Å². The van der Waals surface area contributed by atoms with E-state index >= 15 is 0 Å². The SMILES string of the molecule is CC1(C)CS(=O)(=O)N(c2ccc(C(=O)Nc3cc(Cl)ccc3Cl)cc2)C1=O. The number of nitrogens with zero attached hydrogens (tertiary/aromatic N) is 1. The molecule has 1 N–H and O–H groups in total. The highest BCUT2D eigenvalue weighted by molar-refractivity contribution is 7.94. The van der Waals surface area contributed by atoms with E-state index in [1.165, 1.54) is 30.3 Å². The van der Waals surface area contributed by atoms with E-state index in [9.17, 15) is 18.0 Å². The third-order valence-electron chi connectivity index (χ3n) is 4.13. The van der Waals surface area contributed by atoms with Crippen LogP contribution in [-0.4, -0.2) is 26.0 Å². The van der Waals surface area contributed by atoms with Crippen molar-refractivity contribution < 1.29 is 18.0 Å². The standard InChI is InChI=1S/C18H16Cl2N2O4S/c1-18(2)10-27(25,26)22(17(18)24)13-6-3-11(4-7-13)16(23)21-15-9-12(19)5-8-14(15)20/h3-9H,10H2,1-2H3,(H,21,23). The van der Waals surface area contributed by atoms with Crippen LogP contribution in [0, 0.1) is 5.41 Å². The van der Waals surface area contributed by atoms with Crippen LogP contribution < -0.4 is 9.62 Å². The summed E-state index contributed by atoms with van der Waals surface area (Å²) in [6, 6.07) is 10.4. The zero-order chi connectivity index (χ0) is 20.0. The molecule has 0 spiro atoms. The quantitative estimate of drug-likeness (QED) is 0.804. The van der Waals surface area contributed by atoms with Crippen LogP contribution >= 0.6 is 23.2 Å². The zero-order valence-corrected chi connectivity index (χ0v) is 16.8. The summed E-state index contributed by atoms with van der Waals surface area (Å²) in [5, 5.41) is 3.40. The van der Waals surface area contributed by atoms with Crippen LogP contribution in [0.3, 0.4) is 0 Å². The molecule has 3 rings (SSSR count). The van der Waals surface area contributed by atoms with Gasteiger partial charge in [-0.25, -0.2) is 12.7 Å². The Labute approximate surface area is 167 Å². The number of hydrogen-bond acceptors (Lipinski definition) is 4. The van der Waals surface area contributed by atoms with Crippen LogP contribution in [0.5, 0.6) is 0 Å². The fourth-order valence-electron chi connectivity index (χ4n) is 2.80. The van der Waals surface area contributed by atoms with Crippen LogP contribution in [0.25, 0.3) is 0 Å². The third-order valence-corrected chi connectivity index (χ3v) is 6.71. The van der Waals surface area contributed by atoms with Gasteiger partial charge in [-0.05, 0) is 56.3 Å². The van der Waals surface area contributed by atoms with Gasteiger partial charge in [0.25, 0.3) is 5.91 Å². The van der Waals surface area contributed by atoms with Gasteiger partial charge in [-0.3, -0.25) is 9.59 Å². The number of nitrogens with one attached hydrogen (secondary N) is 1. The fraction of sp³-hybridized carbons (Fsp3) is 0.222. The summed E-state index contributed by atoms with van der Waals surface area (Å²) in [5.74, 6) is -1.19. The van der Waals surface area contributed by atoms with E-state index in [1.54, 1.807) is 26.0 Å². The van der Waals surface area contributed by atoms with Gasteiger partial charge >= 0.3 is 0 Å². The Morgan fingerprint density at radius 2 is 1.74 bits per heavy atom. The number of halogens is 2. The maximum atomic E-state index is 12.4. The molecule has 1 aliphatic heterocycles. The Balaban J connectivity index is 1.84. The molecule has 2 aromatic rings. The molecule has 9 heteroatoms. The van der Waals surface area contributed by atoms with Crippen molar-refractivity contribution in [3.05, 3.63) is 58.1 Å². The largest absolute Gasteiger partial charge is 0.321 e. The minimum absolute atomic E-state index is 0.197. The van der Waals surface area contributed by atoms with E-state index in [2.05, 4.69) is 5.32 Å². The lowest BCUT2D eigenvalue weighted by Gasteiger charge is -2.17. The molecule has 27 heavy (non-hydrogen) atoms. The smallest absolute Gasteiger partial charge is 0.255 e. The van der Waals surface area contributed by atoms with Gasteiger partial charge in [0.05, 0.1) is 27.6 Å². The van der Waals surface area contributed by atoms with Crippen LogP contribution in [0.1, 0.15) is 24.2 Å². The number of rotatable bonds is 3. The first-order valence-electron chi connectivity index (χ1n) is 7.95. The molecule has 0 aliphatic carbocycles. The first-order valence-corrected chi connectivity index (χ1v) is 10.3. The van der Waals surface area contributed by atoms with E-state index in [0.29, 0.717) is 15.7 Å². The number of anilines is 2. The third kappa shape index (κ3) is 3.81. The fourth-order valence-corrected chi connectivity index (χ4v) is 5.24. The summed E-state index contributed by atoms with van der Waals surface area (Å²) >= 11 is 11.9. The molecule has 2 aromatic carbocycles. The van der Waals surface area contributed by atoms with Gasteiger partial charge < -0.3 is 5.32 Å². The van der Waals surface area contributed by atoms with Crippen molar-refractivity contribution in [3.63, 3.8) is 0 Å². The maximum Gasteiger partial charge on any atom is 0.255 e. The summed E-state index contributed by atoms with van der Waals surface area (Å²) < 4.78 is 25.4. The summed E-state index contributed by atoms with van der Waals surface area (Å²) in [4.78, 5) is 24.8. The van der Waals surface area contributed by atoms with Gasteiger partial charge in [-0.15, -0.1) is 0 Å². The zero-order valence-electron chi connectivity index (χ0n) is 14.5. The van der Waals surface area contributed by atoms with Gasteiger partial charge in [0.1, 0.15) is 0 Å². The van der Waals surface area contributed by atoms with Gasteiger partial charge in [0.15, 0.2) is 0 Å². The predicted octanol–water partition coefficient (Wildman–Crippen LogP) is 3.95. The highest BCUT2D eigenvalue weighted by atomic mass is 35.5. The van der Waals surface area contributed by atoms with Crippen molar-refractivity contribution in [3.8, 4) is 0 Å². The second-order valence-corrected chi connectivity index (χ2v) is 9.50. The molecular formula is C18H16Cl2N2O4S. The topological polar surface area (TPSA) is 83.6 Å². The molecule has 6 nitrogen and oxygen atoms in total. The number of benzene rings is 2. The maximum absolute atomic E-state index is 12.4. The van der Waals surface area contributed by atoms with E-state index in [4.69, 9.17) is 23.2 Å². The van der Waals surface area contributed by atoms with E-state index < -0.39 is 27.3 Å². The molecule has 1 fully saturated rings. The molecule has 0 atom stereocenters. The molecule has 2 amide bonds. The second kappa shape index (κ2) is 6.82. The highest BCUT2D eigenvalue weighted by Crippen LogP contribution is 2.35. The molecule has 0 aromatic heterocycles. The monoisotopic (exact) mass is 426 g/mol. The van der Waals surface area contributed by atoms with Crippen molar-refractivity contribution in [2.24, 2.45) is 5.41 Å². The second-order valence-electron chi connectivity index (χ2n) is 6.83. The number of carbonyl (C=O) groups is 2. The summed E-state index contributed by atoms with van der Waals surface area (Å²) in [6.45, 7) is 3.17. The van der Waals surface area contributed by atoms with Crippen molar-refractivity contribution in [2.75, 3.05) is 15.4 Å². The Kier molecular flexibility index (Phi) is 4.96. The minimum Gasteiger partial charge on any atom is -0.321 e. The predicted molar refractivity (Wildman–Crippen MR) is 106 cm³/mol. The Morgan fingerprint density at radius 1 is 1.11 bits per heavy atom. The molecule has 0 radical (unpaired) electrons. The van der Waals surface area contributed by atoms with Gasteiger partial charge in [-0.2, -0.15) is 0 Å². The number of hydrogen-bond donors (Lipinski definition) is 1. The Bertz CT molecular complexity index is 1030. The lowest BCUT2D eigenvalue weighted by molar-refractivity contribution is -0.123. The lowest BCUT2D eigenvalue weighted by atomic mass is 9.95. The van der Waals surface area contributed by atoms with Gasteiger partial charge in [-0.1, -0.05) is 23.2 Å². The van der Waals surface area contributed by atoms with Gasteiger partial charge in [0, 0.05) is 10.6 Å². The van der Waals surface area contributed by atoms with E-state index in [-0.39, 0.29) is 17.0 Å². The van der Waals surface area contributed by atoms with Crippen LogP contribution in [-0.2, 0) is 14.8 Å². The Hall–Kier alpha value is -2.09. The van der Waals surface area contributed by atoms with E-state index in [0.717, 1.165) is 4.31 Å². The molecular weight excluding hydrogens is 411 g/mol. The number of amides is 2. The highest BCUT2D eigenvalue weighted by Gasteiger charge is 2.49. The molecule has 1 aliphatic rings. The molecule has 1 heterocycles. The summed E-state index contributed by atoms with van der Waals surface area (Å²) in [7, 11) is -3.74. The molecule has 0 unspecified atom stereocenters. The van der Waals surface area contributed by atoms with Crippen LogP contribution in [0.4, 0.5) is 11.4 Å². The average molecular weight is 427 g/mol. The van der Waals surface area contributed by atoms with Crippen molar-refractivity contribution in [2.45, 2.75) is 13.8 Å². The van der Waals surface area contributed by atoms with Crippen molar-refractivity contribution >= 4 is 56.4 Å². The Morgan fingerprint density at radius 3 is 2.30 bits per heavy atom. The summed E-state index contributed by atoms with van der Waals surface area (Å²) in [5.41, 5.74) is -0.156. The minimum atomic E-state index is -3.74. The lowest BCUT2D eigenvalue weighted by Crippen LogP contribution is -2.32. The number of sulfonamides is 1. The van der Waals surface area contributed by atoms with Crippen molar-refractivity contribution in [1.29, 1.82) is 0 Å². The van der Waals surface area contributed by atoms with Gasteiger partial charge in [0.2, 0.25) is 15.9 Å². The average Bonchev–Trinajstić information content (AvgIpc) is 2.74. The number of carbonyl (C=O) groups excluding carboxylic acids is 2. The first-order chi connectivity index (χ1) is 12.5.